The molecular weight excluding hydrogens is 697 g/mol. The lowest BCUT2D eigenvalue weighted by Gasteiger charge is -2.27. The SMILES string of the molecule is CC1(C)C(/C=C/C=C/C=C/C=C2/N(CCCCC(=O)O)c3ccc(S(=O)(=O)O)cc3C2(C)C)=[N+](CCCCC(=O)O)c2ccc(S(=O)(=O)O)cc21. The van der Waals surface area contributed by atoms with Gasteiger partial charge in [0.25, 0.3) is 20.2 Å². The molecule has 0 bridgehead atoms. The fourth-order valence-corrected chi connectivity index (χ4v) is 7.70. The summed E-state index contributed by atoms with van der Waals surface area (Å²) in [5, 5.41) is 18.1. The van der Waals surface area contributed by atoms with Gasteiger partial charge < -0.3 is 15.1 Å². The second-order valence-electron chi connectivity index (χ2n) is 13.6. The Kier molecular flexibility index (Phi) is 12.0. The number of aliphatic carboxylic acids is 2. The van der Waals surface area contributed by atoms with Gasteiger partial charge in [-0.15, -0.1) is 0 Å². The first-order chi connectivity index (χ1) is 23.8. The minimum atomic E-state index is -4.41. The van der Waals surface area contributed by atoms with E-state index in [1.54, 1.807) is 12.1 Å². The molecular formula is C37H45N2O10S2+. The average Bonchev–Trinajstić information content (AvgIpc) is 3.37. The van der Waals surface area contributed by atoms with E-state index in [-0.39, 0.29) is 22.6 Å². The summed E-state index contributed by atoms with van der Waals surface area (Å²) in [4.78, 5) is 23.8. The van der Waals surface area contributed by atoms with Crippen LogP contribution in [0.1, 0.15) is 77.3 Å². The Bertz CT molecular complexity index is 2070. The Labute approximate surface area is 299 Å². The standard InChI is InChI=1S/C37H44N2O10S2/c1-36(2)28-24-26(50(44,45)46)18-20-30(28)38(22-12-10-16-34(40)41)32(36)14-8-6-5-7-9-15-33-37(3,4)29-25-27(51(47,48)49)19-21-31(29)39(33)23-13-11-17-35(42)43/h5-9,14-15,18-21,24-25H,10-13,16-17,22-23H2,1-4H3,(H3-,40,41,42,43,44,45,46,47,48,49)/p+1. The van der Waals surface area contributed by atoms with Crippen LogP contribution in [0.15, 0.2) is 94.4 Å². The highest BCUT2D eigenvalue weighted by atomic mass is 32.2. The van der Waals surface area contributed by atoms with Gasteiger partial charge in [0.2, 0.25) is 5.69 Å². The zero-order valence-electron chi connectivity index (χ0n) is 29.1. The quantitative estimate of drug-likeness (QED) is 0.0643. The van der Waals surface area contributed by atoms with Crippen LogP contribution in [0.3, 0.4) is 0 Å². The minimum absolute atomic E-state index is 0.0412. The second kappa shape index (κ2) is 15.5. The Hall–Kier alpha value is -4.37. The van der Waals surface area contributed by atoms with E-state index < -0.39 is 43.0 Å². The largest absolute Gasteiger partial charge is 0.481 e. The highest BCUT2D eigenvalue weighted by Gasteiger charge is 2.45. The summed E-state index contributed by atoms with van der Waals surface area (Å²) in [6.45, 7) is 8.87. The van der Waals surface area contributed by atoms with Crippen molar-refractivity contribution in [3.63, 3.8) is 0 Å². The van der Waals surface area contributed by atoms with Crippen LogP contribution in [-0.4, -0.2) is 71.5 Å². The van der Waals surface area contributed by atoms with Crippen molar-refractivity contribution in [1.82, 2.24) is 0 Å². The summed E-state index contributed by atoms with van der Waals surface area (Å²) >= 11 is 0. The van der Waals surface area contributed by atoms with Crippen LogP contribution in [0.2, 0.25) is 0 Å². The van der Waals surface area contributed by atoms with E-state index in [4.69, 9.17) is 10.2 Å². The zero-order valence-corrected chi connectivity index (χ0v) is 30.7. The maximum Gasteiger partial charge on any atom is 0.303 e. The lowest BCUT2D eigenvalue weighted by Crippen LogP contribution is -2.28. The Morgan fingerprint density at radius 3 is 1.88 bits per heavy atom. The molecule has 51 heavy (non-hydrogen) atoms. The predicted molar refractivity (Wildman–Crippen MR) is 194 cm³/mol. The van der Waals surface area contributed by atoms with Crippen LogP contribution in [0.5, 0.6) is 0 Å². The fraction of sp³-hybridized carbons (Fsp3) is 0.378. The molecule has 2 aliphatic rings. The van der Waals surface area contributed by atoms with E-state index in [1.165, 1.54) is 24.3 Å². The van der Waals surface area contributed by atoms with Crippen LogP contribution in [0, 0.1) is 0 Å². The Morgan fingerprint density at radius 1 is 0.725 bits per heavy atom. The summed E-state index contributed by atoms with van der Waals surface area (Å²) in [5.41, 5.74) is 3.53. The Morgan fingerprint density at radius 2 is 1.27 bits per heavy atom. The fourth-order valence-electron chi connectivity index (χ4n) is 6.69. The summed E-state index contributed by atoms with van der Waals surface area (Å²) in [6.07, 6.45) is 15.3. The predicted octanol–water partition coefficient (Wildman–Crippen LogP) is 6.42. The molecule has 2 aromatic carbocycles. The molecule has 0 unspecified atom stereocenters. The number of carboxylic acids is 2. The summed E-state index contributed by atoms with van der Waals surface area (Å²) in [5.74, 6) is -1.74. The lowest BCUT2D eigenvalue weighted by molar-refractivity contribution is -0.438. The monoisotopic (exact) mass is 741 g/mol. The molecule has 0 atom stereocenters. The van der Waals surface area contributed by atoms with Crippen molar-refractivity contribution in [1.29, 1.82) is 0 Å². The number of rotatable bonds is 16. The third-order valence-electron chi connectivity index (χ3n) is 9.32. The molecule has 0 amide bonds. The van der Waals surface area contributed by atoms with E-state index in [0.29, 0.717) is 38.8 Å². The first-order valence-corrected chi connectivity index (χ1v) is 19.5. The second-order valence-corrected chi connectivity index (χ2v) is 16.5. The van der Waals surface area contributed by atoms with Crippen LogP contribution in [0.25, 0.3) is 0 Å². The number of allylic oxidation sites excluding steroid dienone is 8. The molecule has 0 aromatic heterocycles. The highest BCUT2D eigenvalue weighted by molar-refractivity contribution is 7.86. The molecule has 0 saturated carbocycles. The van der Waals surface area contributed by atoms with Gasteiger partial charge in [-0.25, -0.2) is 0 Å². The molecule has 2 heterocycles. The molecule has 0 fully saturated rings. The van der Waals surface area contributed by atoms with Crippen molar-refractivity contribution in [2.24, 2.45) is 0 Å². The van der Waals surface area contributed by atoms with Gasteiger partial charge in [0.15, 0.2) is 5.71 Å². The number of carboxylic acid groups (broad SMARTS) is 2. The molecule has 14 heteroatoms. The van der Waals surface area contributed by atoms with E-state index >= 15 is 0 Å². The number of anilines is 1. The van der Waals surface area contributed by atoms with E-state index in [2.05, 4.69) is 0 Å². The topological polar surface area (TPSA) is 190 Å². The first kappa shape index (κ1) is 39.4. The highest BCUT2D eigenvalue weighted by Crippen LogP contribution is 2.48. The average molecular weight is 742 g/mol. The minimum Gasteiger partial charge on any atom is -0.481 e. The molecule has 0 spiro atoms. The van der Waals surface area contributed by atoms with Gasteiger partial charge in [-0.05, 0) is 75.1 Å². The molecule has 4 rings (SSSR count). The Balaban J connectivity index is 1.59. The first-order valence-electron chi connectivity index (χ1n) is 16.6. The molecule has 274 valence electrons. The van der Waals surface area contributed by atoms with Gasteiger partial charge in [-0.3, -0.25) is 18.7 Å². The van der Waals surface area contributed by atoms with Gasteiger partial charge in [-0.2, -0.15) is 21.4 Å². The molecule has 0 aliphatic carbocycles. The number of unbranched alkanes of at least 4 members (excludes halogenated alkanes) is 2. The van der Waals surface area contributed by atoms with Gasteiger partial charge in [0.1, 0.15) is 6.54 Å². The number of hydrogen-bond donors (Lipinski definition) is 4. The van der Waals surface area contributed by atoms with Crippen molar-refractivity contribution in [2.75, 3.05) is 18.0 Å². The van der Waals surface area contributed by atoms with Crippen molar-refractivity contribution in [3.8, 4) is 0 Å². The maximum atomic E-state index is 11.9. The van der Waals surface area contributed by atoms with Crippen molar-refractivity contribution in [3.05, 3.63) is 95.8 Å². The van der Waals surface area contributed by atoms with Gasteiger partial charge >= 0.3 is 11.9 Å². The maximum absolute atomic E-state index is 11.9. The molecule has 12 nitrogen and oxygen atoms in total. The molecule has 4 N–H and O–H groups in total. The third-order valence-corrected chi connectivity index (χ3v) is 11.0. The van der Waals surface area contributed by atoms with Crippen molar-refractivity contribution in [2.45, 2.75) is 86.8 Å². The van der Waals surface area contributed by atoms with E-state index in [9.17, 15) is 35.5 Å². The van der Waals surface area contributed by atoms with Crippen LogP contribution in [-0.2, 0) is 40.7 Å². The third kappa shape index (κ3) is 9.11. The summed E-state index contributed by atoms with van der Waals surface area (Å²) in [6, 6.07) is 8.98. The van der Waals surface area contributed by atoms with Crippen molar-refractivity contribution < 1.29 is 50.3 Å². The summed E-state index contributed by atoms with van der Waals surface area (Å²) < 4.78 is 69.0. The van der Waals surface area contributed by atoms with E-state index in [0.717, 1.165) is 33.9 Å². The number of fused-ring (bicyclic) bond motifs is 2. The lowest BCUT2D eigenvalue weighted by atomic mass is 9.81. The number of carbonyl (C=O) groups is 2. The number of benzene rings is 2. The number of nitrogens with zero attached hydrogens (tertiary/aromatic N) is 2. The van der Waals surface area contributed by atoms with E-state index in [1.807, 2.05) is 79.7 Å². The van der Waals surface area contributed by atoms with Crippen LogP contribution in [0.4, 0.5) is 11.4 Å². The molecule has 0 radical (unpaired) electrons. The van der Waals surface area contributed by atoms with Gasteiger partial charge in [0.05, 0.1) is 15.2 Å². The molecule has 2 aliphatic heterocycles. The normalized spacial score (nSPS) is 17.7. The number of hydrogen-bond acceptors (Lipinski definition) is 7. The van der Waals surface area contributed by atoms with Gasteiger partial charge in [0, 0.05) is 60.3 Å². The molecule has 0 saturated heterocycles. The summed E-state index contributed by atoms with van der Waals surface area (Å²) in [7, 11) is -8.83. The molecule has 2 aromatic rings. The van der Waals surface area contributed by atoms with Crippen LogP contribution >= 0.6 is 0 Å². The van der Waals surface area contributed by atoms with Crippen LogP contribution < -0.4 is 4.90 Å². The smallest absolute Gasteiger partial charge is 0.303 e. The zero-order chi connectivity index (χ0) is 37.8. The van der Waals surface area contributed by atoms with Gasteiger partial charge in [-0.1, -0.05) is 44.2 Å². The van der Waals surface area contributed by atoms with Crippen molar-refractivity contribution >= 4 is 49.3 Å².